The van der Waals surface area contributed by atoms with Crippen LogP contribution in [0.4, 0.5) is 5.69 Å². The number of nitrogens with zero attached hydrogens (tertiary/aromatic N) is 1. The third-order valence-electron chi connectivity index (χ3n) is 3.93. The topological polar surface area (TPSA) is 88.2 Å². The van der Waals surface area contributed by atoms with Crippen molar-refractivity contribution in [2.24, 2.45) is 0 Å². The van der Waals surface area contributed by atoms with E-state index in [4.69, 9.17) is 0 Å². The molecule has 3 aromatic rings. The highest BCUT2D eigenvalue weighted by Gasteiger charge is 2.15. The molecule has 0 unspecified atom stereocenters. The van der Waals surface area contributed by atoms with Crippen LogP contribution in [0.2, 0.25) is 0 Å². The van der Waals surface area contributed by atoms with Crippen molar-refractivity contribution in [2.75, 3.05) is 4.72 Å². The molecule has 2 N–H and O–H groups in total. The maximum Gasteiger partial charge on any atom is 0.261 e. The summed E-state index contributed by atoms with van der Waals surface area (Å²) in [5.74, 6) is -0.276. The van der Waals surface area contributed by atoms with Gasteiger partial charge < -0.3 is 5.32 Å². The first-order valence-electron chi connectivity index (χ1n) is 8.31. The second-order valence-corrected chi connectivity index (χ2v) is 7.72. The molecular formula is C20H19N3O3S. The lowest BCUT2D eigenvalue weighted by atomic mass is 10.2. The van der Waals surface area contributed by atoms with Crippen molar-refractivity contribution < 1.29 is 13.2 Å². The van der Waals surface area contributed by atoms with Gasteiger partial charge >= 0.3 is 0 Å². The van der Waals surface area contributed by atoms with E-state index in [1.807, 2.05) is 31.2 Å². The van der Waals surface area contributed by atoms with E-state index in [0.717, 1.165) is 11.1 Å². The Morgan fingerprint density at radius 3 is 2.19 bits per heavy atom. The van der Waals surface area contributed by atoms with Gasteiger partial charge in [-0.25, -0.2) is 8.42 Å². The maximum atomic E-state index is 12.5. The van der Waals surface area contributed by atoms with Crippen LogP contribution in [0.25, 0.3) is 0 Å². The number of benzene rings is 2. The predicted molar refractivity (Wildman–Crippen MR) is 104 cm³/mol. The lowest BCUT2D eigenvalue weighted by molar-refractivity contribution is 0.0951. The van der Waals surface area contributed by atoms with Gasteiger partial charge in [-0.2, -0.15) is 0 Å². The van der Waals surface area contributed by atoms with E-state index in [9.17, 15) is 13.2 Å². The number of aromatic nitrogens is 1. The van der Waals surface area contributed by atoms with E-state index in [1.54, 1.807) is 24.5 Å². The van der Waals surface area contributed by atoms with Crippen LogP contribution in [0.15, 0.2) is 78.0 Å². The molecule has 27 heavy (non-hydrogen) atoms. The highest BCUT2D eigenvalue weighted by Crippen LogP contribution is 2.17. The third kappa shape index (κ3) is 4.92. The van der Waals surface area contributed by atoms with E-state index in [1.165, 1.54) is 24.3 Å². The van der Waals surface area contributed by atoms with Crippen molar-refractivity contribution in [3.05, 3.63) is 89.7 Å². The highest BCUT2D eigenvalue weighted by molar-refractivity contribution is 7.92. The minimum absolute atomic E-state index is 0.0914. The molecular weight excluding hydrogens is 362 g/mol. The Hall–Kier alpha value is -3.19. The summed E-state index contributed by atoms with van der Waals surface area (Å²) in [6.45, 7) is 2.30. The highest BCUT2D eigenvalue weighted by atomic mass is 32.2. The number of hydrogen-bond acceptors (Lipinski definition) is 4. The number of carbonyl (C=O) groups excluding carboxylic acids is 1. The molecule has 0 bridgehead atoms. The smallest absolute Gasteiger partial charge is 0.261 e. The standard InChI is InChI=1S/C20H19N3O3S/c1-15-2-6-18(7-3-15)23-27(25,26)19-8-4-17(5-9-19)20(24)22-14-16-10-12-21-13-11-16/h2-13,23H,14H2,1H3,(H,22,24). The number of amides is 1. The molecule has 7 heteroatoms. The summed E-state index contributed by atoms with van der Waals surface area (Å²) in [6.07, 6.45) is 3.31. The number of nitrogens with one attached hydrogen (secondary N) is 2. The molecule has 1 aromatic heterocycles. The van der Waals surface area contributed by atoms with E-state index in [0.29, 0.717) is 17.8 Å². The second-order valence-electron chi connectivity index (χ2n) is 6.03. The minimum atomic E-state index is -3.71. The number of hydrogen-bond donors (Lipinski definition) is 2. The fraction of sp³-hybridized carbons (Fsp3) is 0.100. The normalized spacial score (nSPS) is 11.0. The van der Waals surface area contributed by atoms with Crippen LogP contribution < -0.4 is 10.0 Å². The van der Waals surface area contributed by atoms with Crippen LogP contribution in [0.1, 0.15) is 21.5 Å². The Kier molecular flexibility index (Phi) is 5.52. The first-order chi connectivity index (χ1) is 12.9. The molecule has 0 spiro atoms. The van der Waals surface area contributed by atoms with Crippen LogP contribution >= 0.6 is 0 Å². The van der Waals surface area contributed by atoms with Crippen molar-refractivity contribution in [1.29, 1.82) is 0 Å². The van der Waals surface area contributed by atoms with E-state index in [-0.39, 0.29) is 10.8 Å². The van der Waals surface area contributed by atoms with Gasteiger partial charge in [0, 0.05) is 30.2 Å². The largest absolute Gasteiger partial charge is 0.348 e. The van der Waals surface area contributed by atoms with Crippen LogP contribution in [-0.4, -0.2) is 19.3 Å². The molecule has 6 nitrogen and oxygen atoms in total. The Labute approximate surface area is 158 Å². The van der Waals surface area contributed by atoms with Crippen molar-refractivity contribution in [2.45, 2.75) is 18.4 Å². The molecule has 138 valence electrons. The first kappa shape index (κ1) is 18.6. The maximum absolute atomic E-state index is 12.5. The Morgan fingerprint density at radius 1 is 0.926 bits per heavy atom. The summed E-state index contributed by atoms with van der Waals surface area (Å²) in [7, 11) is -3.71. The molecule has 0 saturated carbocycles. The molecule has 0 fully saturated rings. The number of aryl methyl sites for hydroxylation is 1. The molecule has 2 aromatic carbocycles. The molecule has 0 aliphatic heterocycles. The van der Waals surface area contributed by atoms with E-state index < -0.39 is 10.0 Å². The van der Waals surface area contributed by atoms with Crippen LogP contribution in [0.3, 0.4) is 0 Å². The summed E-state index contributed by atoms with van der Waals surface area (Å²) < 4.78 is 27.4. The average Bonchev–Trinajstić information content (AvgIpc) is 2.69. The molecule has 0 atom stereocenters. The predicted octanol–water partition coefficient (Wildman–Crippen LogP) is 3.12. The third-order valence-corrected chi connectivity index (χ3v) is 5.33. The lowest BCUT2D eigenvalue weighted by Crippen LogP contribution is -2.23. The average molecular weight is 381 g/mol. The summed E-state index contributed by atoms with van der Waals surface area (Å²) in [4.78, 5) is 16.2. The van der Waals surface area contributed by atoms with Gasteiger partial charge in [0.1, 0.15) is 0 Å². The quantitative estimate of drug-likeness (QED) is 0.687. The van der Waals surface area contributed by atoms with Gasteiger partial charge in [-0.05, 0) is 61.0 Å². The van der Waals surface area contributed by atoms with Crippen molar-refractivity contribution >= 4 is 21.6 Å². The first-order valence-corrected chi connectivity index (χ1v) is 9.79. The summed E-state index contributed by atoms with van der Waals surface area (Å²) in [5, 5.41) is 2.79. The van der Waals surface area contributed by atoms with Gasteiger partial charge in [0.25, 0.3) is 15.9 Å². The van der Waals surface area contributed by atoms with E-state index in [2.05, 4.69) is 15.0 Å². The molecule has 1 amide bonds. The van der Waals surface area contributed by atoms with Gasteiger partial charge in [0.15, 0.2) is 0 Å². The molecule has 0 saturated heterocycles. The van der Waals surface area contributed by atoms with Gasteiger partial charge in [-0.1, -0.05) is 17.7 Å². The number of anilines is 1. The minimum Gasteiger partial charge on any atom is -0.348 e. The Balaban J connectivity index is 1.66. The van der Waals surface area contributed by atoms with Gasteiger partial charge in [-0.3, -0.25) is 14.5 Å². The molecule has 1 heterocycles. The second kappa shape index (κ2) is 8.01. The van der Waals surface area contributed by atoms with Crippen molar-refractivity contribution in [1.82, 2.24) is 10.3 Å². The van der Waals surface area contributed by atoms with Crippen LogP contribution in [-0.2, 0) is 16.6 Å². The zero-order valence-electron chi connectivity index (χ0n) is 14.7. The number of pyridine rings is 1. The van der Waals surface area contributed by atoms with Crippen LogP contribution in [0.5, 0.6) is 0 Å². The molecule has 0 aliphatic rings. The number of carbonyl (C=O) groups is 1. The fourth-order valence-electron chi connectivity index (χ4n) is 2.41. The summed E-state index contributed by atoms with van der Waals surface area (Å²) >= 11 is 0. The SMILES string of the molecule is Cc1ccc(NS(=O)(=O)c2ccc(C(=O)NCc3ccncc3)cc2)cc1. The van der Waals surface area contributed by atoms with Gasteiger partial charge in [0.2, 0.25) is 0 Å². The molecule has 0 radical (unpaired) electrons. The van der Waals surface area contributed by atoms with Crippen molar-refractivity contribution in [3.8, 4) is 0 Å². The van der Waals surface area contributed by atoms with Gasteiger partial charge in [-0.15, -0.1) is 0 Å². The zero-order chi connectivity index (χ0) is 19.3. The summed E-state index contributed by atoms with van der Waals surface area (Å²) in [5.41, 5.74) is 2.85. The van der Waals surface area contributed by atoms with Crippen molar-refractivity contribution in [3.63, 3.8) is 0 Å². The van der Waals surface area contributed by atoms with Crippen LogP contribution in [0, 0.1) is 6.92 Å². The molecule has 0 aliphatic carbocycles. The van der Waals surface area contributed by atoms with E-state index >= 15 is 0 Å². The number of rotatable bonds is 6. The lowest BCUT2D eigenvalue weighted by Gasteiger charge is -2.09. The monoisotopic (exact) mass is 381 g/mol. The molecule has 3 rings (SSSR count). The zero-order valence-corrected chi connectivity index (χ0v) is 15.5. The number of sulfonamides is 1. The fourth-order valence-corrected chi connectivity index (χ4v) is 3.46. The Morgan fingerprint density at radius 2 is 1.56 bits per heavy atom. The van der Waals surface area contributed by atoms with Gasteiger partial charge in [0.05, 0.1) is 4.90 Å². The summed E-state index contributed by atoms with van der Waals surface area (Å²) in [6, 6.07) is 16.5. The Bertz CT molecular complexity index is 1020.